The molecule has 3 rings (SSSR count). The van der Waals surface area contributed by atoms with Crippen molar-refractivity contribution >= 4 is 5.78 Å². The average Bonchev–Trinajstić information content (AvgIpc) is 3.12. The molecule has 146 valence electrons. The highest BCUT2D eigenvalue weighted by Gasteiger charge is 2.28. The number of hydrogen-bond acceptors (Lipinski definition) is 5. The van der Waals surface area contributed by atoms with Crippen LogP contribution in [-0.4, -0.2) is 54.2 Å². The van der Waals surface area contributed by atoms with Gasteiger partial charge in [-0.2, -0.15) is 0 Å². The van der Waals surface area contributed by atoms with Gasteiger partial charge in [0, 0.05) is 44.4 Å². The molecule has 2 heterocycles. The van der Waals surface area contributed by atoms with Gasteiger partial charge in [-0.25, -0.2) is 4.98 Å². The summed E-state index contributed by atoms with van der Waals surface area (Å²) < 4.78 is 12.6. The Kier molecular flexibility index (Phi) is 6.63. The van der Waals surface area contributed by atoms with Crippen LogP contribution in [0, 0.1) is 12.8 Å². The molecular weight excluding hydrogens is 342 g/mol. The smallest absolute Gasteiger partial charge is 0.167 e. The number of likely N-dealkylation sites (tertiary alicyclic amines) is 1. The lowest BCUT2D eigenvalue weighted by Crippen LogP contribution is -2.38. The van der Waals surface area contributed by atoms with Crippen molar-refractivity contribution in [3.8, 4) is 5.75 Å². The molecule has 1 atom stereocenters. The number of methoxy groups -OCH3 is 2. The highest BCUT2D eigenvalue weighted by atomic mass is 16.5. The van der Waals surface area contributed by atoms with Crippen LogP contribution in [0.25, 0.3) is 0 Å². The van der Waals surface area contributed by atoms with Gasteiger partial charge in [-0.15, -0.1) is 0 Å². The Balaban J connectivity index is 1.65. The standard InChI is InChI=1S/C21H29N3O3/c1-16-11-19(27-3)6-7-20(16)21(25)17-5-4-8-23(13-17)14-18-12-22-15-24(18)9-10-26-2/h6-7,11-12,15,17H,4-5,8-10,13-14H2,1-3H3/t17-/m1/s1. The van der Waals surface area contributed by atoms with Crippen LogP contribution in [-0.2, 0) is 17.8 Å². The van der Waals surface area contributed by atoms with Crippen LogP contribution in [0.3, 0.4) is 0 Å². The Labute approximate surface area is 161 Å². The molecule has 0 saturated carbocycles. The largest absolute Gasteiger partial charge is 0.497 e. The predicted octanol–water partition coefficient (Wildman–Crippen LogP) is 2.94. The molecule has 0 unspecified atom stereocenters. The third-order valence-electron chi connectivity index (χ3n) is 5.30. The Morgan fingerprint density at radius 2 is 2.19 bits per heavy atom. The van der Waals surface area contributed by atoms with Crippen molar-refractivity contribution in [3.63, 3.8) is 0 Å². The van der Waals surface area contributed by atoms with Crippen molar-refractivity contribution in [2.24, 2.45) is 5.92 Å². The van der Waals surface area contributed by atoms with Gasteiger partial charge in [0.25, 0.3) is 0 Å². The van der Waals surface area contributed by atoms with Crippen LogP contribution in [0.1, 0.15) is 34.5 Å². The lowest BCUT2D eigenvalue weighted by molar-refractivity contribution is 0.0807. The average molecular weight is 371 g/mol. The van der Waals surface area contributed by atoms with Gasteiger partial charge in [0.15, 0.2) is 5.78 Å². The van der Waals surface area contributed by atoms with Gasteiger partial charge < -0.3 is 14.0 Å². The zero-order valence-corrected chi connectivity index (χ0v) is 16.5. The minimum atomic E-state index is 0.0428. The molecule has 1 fully saturated rings. The molecule has 1 aromatic carbocycles. The maximum atomic E-state index is 13.1. The molecule has 2 aromatic rings. The first-order chi connectivity index (χ1) is 13.1. The van der Waals surface area contributed by atoms with E-state index < -0.39 is 0 Å². The van der Waals surface area contributed by atoms with Gasteiger partial charge in [0.2, 0.25) is 0 Å². The highest BCUT2D eigenvalue weighted by Crippen LogP contribution is 2.25. The molecule has 0 bridgehead atoms. The van der Waals surface area contributed by atoms with Gasteiger partial charge >= 0.3 is 0 Å². The van der Waals surface area contributed by atoms with Gasteiger partial charge in [-0.3, -0.25) is 9.69 Å². The number of Topliss-reactive ketones (excluding diaryl/α,β-unsaturated/α-hetero) is 1. The minimum Gasteiger partial charge on any atom is -0.497 e. The van der Waals surface area contributed by atoms with Crippen molar-refractivity contribution in [3.05, 3.63) is 47.5 Å². The number of carbonyl (C=O) groups excluding carboxylic acids is 1. The molecule has 6 nitrogen and oxygen atoms in total. The Morgan fingerprint density at radius 3 is 2.93 bits per heavy atom. The molecular formula is C21H29N3O3. The number of hydrogen-bond donors (Lipinski definition) is 0. The number of piperidine rings is 1. The van der Waals surface area contributed by atoms with Crippen molar-refractivity contribution in [1.82, 2.24) is 14.5 Å². The quantitative estimate of drug-likeness (QED) is 0.668. The molecule has 1 saturated heterocycles. The van der Waals surface area contributed by atoms with E-state index in [-0.39, 0.29) is 11.7 Å². The lowest BCUT2D eigenvalue weighted by atomic mass is 9.88. The Hall–Kier alpha value is -2.18. The first kappa shape index (κ1) is 19.6. The van der Waals surface area contributed by atoms with Crippen molar-refractivity contribution in [2.75, 3.05) is 33.9 Å². The van der Waals surface area contributed by atoms with Crippen molar-refractivity contribution in [1.29, 1.82) is 0 Å². The summed E-state index contributed by atoms with van der Waals surface area (Å²) in [6, 6.07) is 5.70. The third-order valence-corrected chi connectivity index (χ3v) is 5.30. The summed E-state index contributed by atoms with van der Waals surface area (Å²) >= 11 is 0. The maximum absolute atomic E-state index is 13.1. The number of aromatic nitrogens is 2. The van der Waals surface area contributed by atoms with E-state index in [0.717, 1.165) is 55.9 Å². The first-order valence-corrected chi connectivity index (χ1v) is 9.51. The van der Waals surface area contributed by atoms with Crippen molar-refractivity contribution < 1.29 is 14.3 Å². The fourth-order valence-electron chi connectivity index (χ4n) is 3.77. The second-order valence-corrected chi connectivity index (χ2v) is 7.19. The Morgan fingerprint density at radius 1 is 1.33 bits per heavy atom. The van der Waals surface area contributed by atoms with Gasteiger partial charge in [-0.1, -0.05) is 0 Å². The summed E-state index contributed by atoms with van der Waals surface area (Å²) in [5.74, 6) is 1.08. The molecule has 0 N–H and O–H groups in total. The fraction of sp³-hybridized carbons (Fsp3) is 0.524. The molecule has 1 aliphatic rings. The summed E-state index contributed by atoms with van der Waals surface area (Å²) in [7, 11) is 3.35. The molecule has 0 aliphatic carbocycles. The summed E-state index contributed by atoms with van der Waals surface area (Å²) in [5.41, 5.74) is 2.96. The number of ether oxygens (including phenoxy) is 2. The highest BCUT2D eigenvalue weighted by molar-refractivity contribution is 5.99. The van der Waals surface area contributed by atoms with E-state index in [1.807, 2.05) is 37.6 Å². The SMILES string of the molecule is COCCn1cncc1CN1CCC[C@@H](C(=O)c2ccc(OC)cc2C)C1. The number of aryl methyl sites for hydroxylation is 1. The van der Waals surface area contributed by atoms with E-state index in [2.05, 4.69) is 14.5 Å². The topological polar surface area (TPSA) is 56.6 Å². The number of nitrogens with zero attached hydrogens (tertiary/aromatic N) is 3. The molecule has 1 aromatic heterocycles. The van der Waals surface area contributed by atoms with Crippen molar-refractivity contribution in [2.45, 2.75) is 32.9 Å². The zero-order chi connectivity index (χ0) is 19.2. The normalized spacial score (nSPS) is 17.8. The second-order valence-electron chi connectivity index (χ2n) is 7.19. The van der Waals surface area contributed by atoms with E-state index in [1.54, 1.807) is 14.2 Å². The van der Waals surface area contributed by atoms with Crippen LogP contribution in [0.15, 0.2) is 30.7 Å². The van der Waals surface area contributed by atoms with E-state index in [0.29, 0.717) is 6.61 Å². The fourth-order valence-corrected chi connectivity index (χ4v) is 3.77. The summed E-state index contributed by atoms with van der Waals surface area (Å²) in [6.45, 7) is 6.06. The molecule has 0 radical (unpaired) electrons. The lowest BCUT2D eigenvalue weighted by Gasteiger charge is -2.32. The molecule has 27 heavy (non-hydrogen) atoms. The van der Waals surface area contributed by atoms with E-state index in [4.69, 9.17) is 9.47 Å². The third kappa shape index (κ3) is 4.76. The van der Waals surface area contributed by atoms with Gasteiger partial charge in [0.1, 0.15) is 5.75 Å². The predicted molar refractivity (Wildman–Crippen MR) is 104 cm³/mol. The molecule has 1 aliphatic heterocycles. The van der Waals surface area contributed by atoms with E-state index >= 15 is 0 Å². The van der Waals surface area contributed by atoms with Crippen LogP contribution >= 0.6 is 0 Å². The van der Waals surface area contributed by atoms with E-state index in [1.165, 1.54) is 5.69 Å². The van der Waals surface area contributed by atoms with Crippen LogP contribution in [0.2, 0.25) is 0 Å². The molecule has 0 spiro atoms. The monoisotopic (exact) mass is 371 g/mol. The van der Waals surface area contributed by atoms with Gasteiger partial charge in [-0.05, 0) is 50.1 Å². The maximum Gasteiger partial charge on any atom is 0.167 e. The summed E-state index contributed by atoms with van der Waals surface area (Å²) in [4.78, 5) is 19.7. The van der Waals surface area contributed by atoms with Gasteiger partial charge in [0.05, 0.1) is 25.7 Å². The number of imidazole rings is 1. The van der Waals surface area contributed by atoms with Crippen LogP contribution < -0.4 is 4.74 Å². The number of carbonyl (C=O) groups is 1. The molecule has 0 amide bonds. The number of rotatable bonds is 8. The zero-order valence-electron chi connectivity index (χ0n) is 16.5. The van der Waals surface area contributed by atoms with Crippen LogP contribution in [0.4, 0.5) is 0 Å². The summed E-state index contributed by atoms with van der Waals surface area (Å²) in [6.07, 6.45) is 5.75. The Bertz CT molecular complexity index is 772. The first-order valence-electron chi connectivity index (χ1n) is 9.51. The van der Waals surface area contributed by atoms with E-state index in [9.17, 15) is 4.79 Å². The number of benzene rings is 1. The van der Waals surface area contributed by atoms with Crippen LogP contribution in [0.5, 0.6) is 5.75 Å². The summed E-state index contributed by atoms with van der Waals surface area (Å²) in [5, 5.41) is 0. The minimum absolute atomic E-state index is 0.0428. The second kappa shape index (κ2) is 9.15. The molecule has 6 heteroatoms. The number of ketones is 1.